The van der Waals surface area contributed by atoms with Crippen molar-refractivity contribution in [1.29, 1.82) is 0 Å². The molecule has 0 aliphatic carbocycles. The highest BCUT2D eigenvalue weighted by Gasteiger charge is 2.09. The summed E-state index contributed by atoms with van der Waals surface area (Å²) in [5.41, 5.74) is 0.442. The van der Waals surface area contributed by atoms with Crippen LogP contribution in [0.1, 0.15) is 24.2 Å². The molecule has 0 aromatic heterocycles. The minimum atomic E-state index is -0.488. The summed E-state index contributed by atoms with van der Waals surface area (Å²) in [6.45, 7) is 3.67. The first-order chi connectivity index (χ1) is 8.52. The predicted molar refractivity (Wildman–Crippen MR) is 66.6 cm³/mol. The number of hydrogen-bond donors (Lipinski definition) is 1. The fourth-order valence-electron chi connectivity index (χ4n) is 1.31. The first-order valence-electron chi connectivity index (χ1n) is 5.64. The third-order valence-electron chi connectivity index (χ3n) is 2.09. The summed E-state index contributed by atoms with van der Waals surface area (Å²) >= 11 is 0. The molecule has 0 unspecified atom stereocenters. The van der Waals surface area contributed by atoms with Gasteiger partial charge in [-0.25, -0.2) is 0 Å². The Morgan fingerprint density at radius 1 is 1.33 bits per heavy atom. The van der Waals surface area contributed by atoms with Crippen LogP contribution in [0.25, 0.3) is 0 Å². The van der Waals surface area contributed by atoms with Crippen LogP contribution in [0.2, 0.25) is 0 Å². The van der Waals surface area contributed by atoms with Gasteiger partial charge >= 0.3 is 5.97 Å². The molecule has 0 radical (unpaired) electrons. The van der Waals surface area contributed by atoms with E-state index in [0.717, 1.165) is 0 Å². The molecule has 18 heavy (non-hydrogen) atoms. The molecule has 98 valence electrons. The Labute approximate surface area is 106 Å². The topological polar surface area (TPSA) is 64.6 Å². The van der Waals surface area contributed by atoms with Gasteiger partial charge in [-0.05, 0) is 32.0 Å². The van der Waals surface area contributed by atoms with Crippen LogP contribution in [0.4, 0.5) is 0 Å². The third kappa shape index (κ3) is 4.45. The van der Waals surface area contributed by atoms with Gasteiger partial charge in [0.15, 0.2) is 0 Å². The highest BCUT2D eigenvalue weighted by molar-refractivity contribution is 5.96. The molecule has 0 saturated heterocycles. The summed E-state index contributed by atoms with van der Waals surface area (Å²) in [6.07, 6.45) is 0.0402. The van der Waals surface area contributed by atoms with Gasteiger partial charge in [0.05, 0.1) is 13.2 Å². The average molecular weight is 251 g/mol. The molecule has 1 rings (SSSR count). The van der Waals surface area contributed by atoms with Crippen molar-refractivity contribution in [3.63, 3.8) is 0 Å². The van der Waals surface area contributed by atoms with Gasteiger partial charge in [-0.3, -0.25) is 9.59 Å². The molecular formula is C13H17NO4. The lowest BCUT2D eigenvalue weighted by Crippen LogP contribution is -2.30. The van der Waals surface area contributed by atoms with Crippen molar-refractivity contribution in [2.45, 2.75) is 20.0 Å². The molecule has 1 aromatic rings. The molecule has 1 N–H and O–H groups in total. The van der Waals surface area contributed by atoms with E-state index in [4.69, 9.17) is 4.74 Å². The van der Waals surface area contributed by atoms with Gasteiger partial charge in [0.2, 0.25) is 0 Å². The maximum Gasteiger partial charge on any atom is 0.325 e. The minimum absolute atomic E-state index is 0.0402. The fourth-order valence-corrected chi connectivity index (χ4v) is 1.31. The Morgan fingerprint density at radius 3 is 2.67 bits per heavy atom. The Morgan fingerprint density at radius 2 is 2.06 bits per heavy atom. The largest absolute Gasteiger partial charge is 0.491 e. The average Bonchev–Trinajstić information content (AvgIpc) is 2.35. The van der Waals surface area contributed by atoms with Gasteiger partial charge in [-0.1, -0.05) is 6.07 Å². The Balaban J connectivity index is 2.65. The molecule has 1 aromatic carbocycles. The smallest absolute Gasteiger partial charge is 0.325 e. The van der Waals surface area contributed by atoms with Crippen LogP contribution in [0, 0.1) is 0 Å². The lowest BCUT2D eigenvalue weighted by atomic mass is 10.2. The van der Waals surface area contributed by atoms with Gasteiger partial charge in [-0.15, -0.1) is 0 Å². The number of esters is 1. The highest BCUT2D eigenvalue weighted by atomic mass is 16.5. The lowest BCUT2D eigenvalue weighted by molar-refractivity contribution is -0.139. The van der Waals surface area contributed by atoms with Crippen LogP contribution < -0.4 is 10.1 Å². The number of carbonyl (C=O) groups is 2. The van der Waals surface area contributed by atoms with Gasteiger partial charge in [0, 0.05) is 5.56 Å². The summed E-state index contributed by atoms with van der Waals surface area (Å²) in [4.78, 5) is 22.6. The molecular weight excluding hydrogens is 234 g/mol. The summed E-state index contributed by atoms with van der Waals surface area (Å²) < 4.78 is 9.91. The number of rotatable bonds is 5. The summed E-state index contributed by atoms with van der Waals surface area (Å²) in [5.74, 6) is -0.205. The number of amides is 1. The molecule has 0 heterocycles. The lowest BCUT2D eigenvalue weighted by Gasteiger charge is -2.10. The summed E-state index contributed by atoms with van der Waals surface area (Å²) in [5, 5.41) is 2.46. The molecule has 0 fully saturated rings. The molecule has 0 spiro atoms. The molecule has 0 aliphatic heterocycles. The van der Waals surface area contributed by atoms with E-state index in [-0.39, 0.29) is 18.6 Å². The number of nitrogens with one attached hydrogen (secondary N) is 1. The predicted octanol–water partition coefficient (Wildman–Crippen LogP) is 1.38. The molecule has 1 amide bonds. The van der Waals surface area contributed by atoms with Crippen LogP contribution in [0.15, 0.2) is 24.3 Å². The standard InChI is InChI=1S/C13H17NO4/c1-9(2)18-11-6-4-5-10(7-11)13(16)14-8-12(15)17-3/h4-7,9H,8H2,1-3H3,(H,14,16). The zero-order valence-electron chi connectivity index (χ0n) is 10.7. The second-order valence-corrected chi connectivity index (χ2v) is 3.95. The zero-order valence-corrected chi connectivity index (χ0v) is 10.7. The van der Waals surface area contributed by atoms with Crippen LogP contribution in [-0.4, -0.2) is 31.6 Å². The van der Waals surface area contributed by atoms with Crippen molar-refractivity contribution in [2.24, 2.45) is 0 Å². The number of carbonyl (C=O) groups excluding carboxylic acids is 2. The van der Waals surface area contributed by atoms with Crippen molar-refractivity contribution in [3.05, 3.63) is 29.8 Å². The Kier molecular flexibility index (Phi) is 5.17. The fraction of sp³-hybridized carbons (Fsp3) is 0.385. The second kappa shape index (κ2) is 6.64. The number of methoxy groups -OCH3 is 1. The van der Waals surface area contributed by atoms with Gasteiger partial charge in [0.1, 0.15) is 12.3 Å². The van der Waals surface area contributed by atoms with Crippen LogP contribution >= 0.6 is 0 Å². The molecule has 0 bridgehead atoms. The second-order valence-electron chi connectivity index (χ2n) is 3.95. The molecule has 0 aliphatic rings. The SMILES string of the molecule is COC(=O)CNC(=O)c1cccc(OC(C)C)c1. The molecule has 0 saturated carbocycles. The van der Waals surface area contributed by atoms with Crippen molar-refractivity contribution in [3.8, 4) is 5.75 Å². The van der Waals surface area contributed by atoms with E-state index >= 15 is 0 Å². The first-order valence-corrected chi connectivity index (χ1v) is 5.64. The normalized spacial score (nSPS) is 10.0. The number of benzene rings is 1. The van der Waals surface area contributed by atoms with E-state index in [1.807, 2.05) is 13.8 Å². The number of ether oxygens (including phenoxy) is 2. The van der Waals surface area contributed by atoms with E-state index in [2.05, 4.69) is 10.1 Å². The summed E-state index contributed by atoms with van der Waals surface area (Å²) in [6, 6.07) is 6.79. The summed E-state index contributed by atoms with van der Waals surface area (Å²) in [7, 11) is 1.27. The minimum Gasteiger partial charge on any atom is -0.491 e. The number of hydrogen-bond acceptors (Lipinski definition) is 4. The van der Waals surface area contributed by atoms with Crippen LogP contribution in [0.3, 0.4) is 0 Å². The van der Waals surface area contributed by atoms with Crippen LogP contribution in [-0.2, 0) is 9.53 Å². The van der Waals surface area contributed by atoms with Crippen molar-refractivity contribution >= 4 is 11.9 Å². The monoisotopic (exact) mass is 251 g/mol. The highest BCUT2D eigenvalue weighted by Crippen LogP contribution is 2.14. The third-order valence-corrected chi connectivity index (χ3v) is 2.09. The Hall–Kier alpha value is -2.04. The van der Waals surface area contributed by atoms with E-state index in [0.29, 0.717) is 11.3 Å². The Bertz CT molecular complexity index is 429. The van der Waals surface area contributed by atoms with Gasteiger partial charge in [0.25, 0.3) is 5.91 Å². The maximum absolute atomic E-state index is 11.7. The van der Waals surface area contributed by atoms with E-state index in [1.54, 1.807) is 24.3 Å². The molecule has 0 atom stereocenters. The van der Waals surface area contributed by atoms with Crippen LogP contribution in [0.5, 0.6) is 5.75 Å². The molecule has 5 heteroatoms. The van der Waals surface area contributed by atoms with Crippen molar-refractivity contribution < 1.29 is 19.1 Å². The van der Waals surface area contributed by atoms with E-state index in [9.17, 15) is 9.59 Å². The quantitative estimate of drug-likeness (QED) is 0.803. The van der Waals surface area contributed by atoms with Gasteiger partial charge in [-0.2, -0.15) is 0 Å². The van der Waals surface area contributed by atoms with E-state index < -0.39 is 5.97 Å². The first kappa shape index (κ1) is 14.0. The van der Waals surface area contributed by atoms with Gasteiger partial charge < -0.3 is 14.8 Å². The molecule has 5 nitrogen and oxygen atoms in total. The van der Waals surface area contributed by atoms with Crippen molar-refractivity contribution in [1.82, 2.24) is 5.32 Å². The zero-order chi connectivity index (χ0) is 13.5. The van der Waals surface area contributed by atoms with Crippen molar-refractivity contribution in [2.75, 3.05) is 13.7 Å². The maximum atomic E-state index is 11.7. The van der Waals surface area contributed by atoms with E-state index in [1.165, 1.54) is 7.11 Å².